The van der Waals surface area contributed by atoms with E-state index >= 15 is 0 Å². The molecule has 4 N–H and O–H groups in total. The summed E-state index contributed by atoms with van der Waals surface area (Å²) in [5.74, 6) is -1.28. The number of carbonyl (C=O) groups is 3. The lowest BCUT2D eigenvalue weighted by atomic mass is 9.98. The fraction of sp³-hybridized carbons (Fsp3) is 0.400. The molecule has 174 valence electrons. The van der Waals surface area contributed by atoms with E-state index in [0.29, 0.717) is 0 Å². The number of hydrogen-bond acceptors (Lipinski definition) is 5. The van der Waals surface area contributed by atoms with Gasteiger partial charge < -0.3 is 25.6 Å². The summed E-state index contributed by atoms with van der Waals surface area (Å²) in [6, 6.07) is 15.6. The molecule has 2 aliphatic carbocycles. The van der Waals surface area contributed by atoms with Gasteiger partial charge in [0.1, 0.15) is 6.61 Å². The minimum Gasteiger partial charge on any atom is -0.481 e. The Morgan fingerprint density at radius 3 is 2.15 bits per heavy atom. The third-order valence-corrected chi connectivity index (χ3v) is 6.18. The predicted molar refractivity (Wildman–Crippen MR) is 121 cm³/mol. The van der Waals surface area contributed by atoms with Gasteiger partial charge in [0.25, 0.3) is 0 Å². The van der Waals surface area contributed by atoms with E-state index in [1.165, 1.54) is 0 Å². The van der Waals surface area contributed by atoms with Crippen molar-refractivity contribution in [3.8, 4) is 11.1 Å². The fourth-order valence-electron chi connectivity index (χ4n) is 4.42. The molecule has 2 unspecified atom stereocenters. The van der Waals surface area contributed by atoms with E-state index in [9.17, 15) is 19.5 Å². The SMILES string of the molecule is O=C(O)CC(NC(=O)CC(O)CNC(=O)OCC1c2ccccc2-c2ccccc21)C1CC1. The van der Waals surface area contributed by atoms with Crippen LogP contribution in [0.5, 0.6) is 0 Å². The summed E-state index contributed by atoms with van der Waals surface area (Å²) in [6.07, 6.45) is -0.348. The van der Waals surface area contributed by atoms with Gasteiger partial charge in [-0.2, -0.15) is 0 Å². The maximum Gasteiger partial charge on any atom is 0.407 e. The summed E-state index contributed by atoms with van der Waals surface area (Å²) in [5, 5.41) is 24.3. The zero-order chi connectivity index (χ0) is 23.4. The van der Waals surface area contributed by atoms with Gasteiger partial charge in [-0.3, -0.25) is 9.59 Å². The average Bonchev–Trinajstić information content (AvgIpc) is 3.59. The van der Waals surface area contributed by atoms with Crippen LogP contribution in [-0.4, -0.2) is 53.5 Å². The minimum atomic E-state index is -1.10. The number of amides is 2. The van der Waals surface area contributed by atoms with E-state index in [0.717, 1.165) is 35.1 Å². The molecule has 0 heterocycles. The van der Waals surface area contributed by atoms with Crippen LogP contribution in [0.25, 0.3) is 11.1 Å². The van der Waals surface area contributed by atoms with Crippen LogP contribution in [0.15, 0.2) is 48.5 Å². The van der Waals surface area contributed by atoms with Crippen molar-refractivity contribution >= 4 is 18.0 Å². The van der Waals surface area contributed by atoms with Crippen molar-refractivity contribution in [1.82, 2.24) is 10.6 Å². The monoisotopic (exact) mass is 452 g/mol. The van der Waals surface area contributed by atoms with Crippen molar-refractivity contribution in [3.63, 3.8) is 0 Å². The zero-order valence-electron chi connectivity index (χ0n) is 18.2. The lowest BCUT2D eigenvalue weighted by Gasteiger charge is -2.18. The Morgan fingerprint density at radius 2 is 1.58 bits per heavy atom. The van der Waals surface area contributed by atoms with Crippen LogP contribution in [0.2, 0.25) is 0 Å². The number of alkyl carbamates (subject to hydrolysis) is 1. The molecule has 0 saturated heterocycles. The summed E-state index contributed by atoms with van der Waals surface area (Å²) in [6.45, 7) is 0.0197. The first-order valence-corrected chi connectivity index (χ1v) is 11.2. The highest BCUT2D eigenvalue weighted by Gasteiger charge is 2.34. The Morgan fingerprint density at radius 1 is 0.970 bits per heavy atom. The van der Waals surface area contributed by atoms with Gasteiger partial charge in [-0.05, 0) is 41.0 Å². The second-order valence-corrected chi connectivity index (χ2v) is 8.67. The standard InChI is InChI=1S/C25H28N2O6/c28-16(11-23(29)27-22(12-24(30)31)15-9-10-15)13-26-25(32)33-14-21-19-7-3-1-5-17(19)18-6-2-4-8-20(18)21/h1-8,15-16,21-22,28H,9-14H2,(H,26,32)(H,27,29)(H,30,31). The summed E-state index contributed by atoms with van der Waals surface area (Å²) < 4.78 is 5.42. The van der Waals surface area contributed by atoms with Crippen LogP contribution < -0.4 is 10.6 Å². The number of benzene rings is 2. The number of rotatable bonds is 10. The van der Waals surface area contributed by atoms with Crippen LogP contribution >= 0.6 is 0 Å². The molecular formula is C25H28N2O6. The largest absolute Gasteiger partial charge is 0.481 e. The first kappa shape index (κ1) is 22.8. The second-order valence-electron chi connectivity index (χ2n) is 8.67. The zero-order valence-corrected chi connectivity index (χ0v) is 18.2. The van der Waals surface area contributed by atoms with Gasteiger partial charge in [0.15, 0.2) is 0 Å². The summed E-state index contributed by atoms with van der Waals surface area (Å²) in [4.78, 5) is 35.3. The second kappa shape index (κ2) is 10.0. The normalized spacial score (nSPS) is 16.3. The Bertz CT molecular complexity index is 990. The highest BCUT2D eigenvalue weighted by Crippen LogP contribution is 2.44. The molecule has 2 aromatic rings. The van der Waals surface area contributed by atoms with Crippen LogP contribution in [0, 0.1) is 5.92 Å². The number of carbonyl (C=O) groups excluding carboxylic acids is 2. The Hall–Kier alpha value is -3.39. The molecule has 0 aliphatic heterocycles. The van der Waals surface area contributed by atoms with Gasteiger partial charge in [0.2, 0.25) is 5.91 Å². The molecule has 8 nitrogen and oxygen atoms in total. The van der Waals surface area contributed by atoms with Gasteiger partial charge in [0.05, 0.1) is 18.9 Å². The maximum absolute atomic E-state index is 12.2. The molecule has 33 heavy (non-hydrogen) atoms. The molecule has 0 bridgehead atoms. The Labute approximate surface area is 192 Å². The van der Waals surface area contributed by atoms with Crippen LogP contribution in [-0.2, 0) is 14.3 Å². The first-order chi connectivity index (χ1) is 15.9. The number of carboxylic acid groups (broad SMARTS) is 1. The molecule has 1 saturated carbocycles. The van der Waals surface area contributed by atoms with Gasteiger partial charge >= 0.3 is 12.1 Å². The third kappa shape index (κ3) is 5.70. The number of ether oxygens (including phenoxy) is 1. The number of aliphatic hydroxyl groups is 1. The Balaban J connectivity index is 1.23. The van der Waals surface area contributed by atoms with Crippen molar-refractivity contribution in [2.45, 2.75) is 43.7 Å². The molecule has 0 spiro atoms. The van der Waals surface area contributed by atoms with E-state index in [4.69, 9.17) is 9.84 Å². The number of hydrogen-bond donors (Lipinski definition) is 4. The lowest BCUT2D eigenvalue weighted by molar-refractivity contribution is -0.138. The topological polar surface area (TPSA) is 125 Å². The molecular weight excluding hydrogens is 424 g/mol. The Kier molecular flexibility index (Phi) is 6.93. The number of aliphatic hydroxyl groups excluding tert-OH is 1. The van der Waals surface area contributed by atoms with Crippen LogP contribution in [0.4, 0.5) is 4.79 Å². The summed E-state index contributed by atoms with van der Waals surface area (Å²) in [5.41, 5.74) is 4.48. The molecule has 8 heteroatoms. The van der Waals surface area contributed by atoms with E-state index in [2.05, 4.69) is 22.8 Å². The van der Waals surface area contributed by atoms with Crippen molar-refractivity contribution in [2.24, 2.45) is 5.92 Å². The molecule has 1 fully saturated rings. The van der Waals surface area contributed by atoms with E-state index in [1.54, 1.807) is 0 Å². The molecule has 0 aromatic heterocycles. The van der Waals surface area contributed by atoms with Crippen LogP contribution in [0.1, 0.15) is 42.7 Å². The lowest BCUT2D eigenvalue weighted by Crippen LogP contribution is -2.41. The fourth-order valence-corrected chi connectivity index (χ4v) is 4.42. The predicted octanol–water partition coefficient (Wildman–Crippen LogP) is 2.65. The third-order valence-electron chi connectivity index (χ3n) is 6.18. The van der Waals surface area contributed by atoms with Crippen molar-refractivity contribution in [3.05, 3.63) is 59.7 Å². The average molecular weight is 453 g/mol. The molecule has 2 aromatic carbocycles. The first-order valence-electron chi connectivity index (χ1n) is 11.2. The highest BCUT2D eigenvalue weighted by molar-refractivity contribution is 5.79. The van der Waals surface area contributed by atoms with E-state index in [-0.39, 0.29) is 37.8 Å². The minimum absolute atomic E-state index is 0.0626. The maximum atomic E-state index is 12.2. The van der Waals surface area contributed by atoms with Crippen molar-refractivity contribution in [1.29, 1.82) is 0 Å². The number of aliphatic carboxylic acids is 1. The van der Waals surface area contributed by atoms with Crippen LogP contribution in [0.3, 0.4) is 0 Å². The van der Waals surface area contributed by atoms with Gasteiger partial charge in [-0.15, -0.1) is 0 Å². The quantitative estimate of drug-likeness (QED) is 0.439. The van der Waals surface area contributed by atoms with E-state index < -0.39 is 30.1 Å². The highest BCUT2D eigenvalue weighted by atomic mass is 16.5. The van der Waals surface area contributed by atoms with Gasteiger partial charge in [-0.1, -0.05) is 48.5 Å². The number of fused-ring (bicyclic) bond motifs is 3. The smallest absolute Gasteiger partial charge is 0.407 e. The molecule has 2 aliphatic rings. The van der Waals surface area contributed by atoms with Gasteiger partial charge in [0, 0.05) is 18.5 Å². The summed E-state index contributed by atoms with van der Waals surface area (Å²) in [7, 11) is 0. The van der Waals surface area contributed by atoms with E-state index in [1.807, 2.05) is 36.4 Å². The summed E-state index contributed by atoms with van der Waals surface area (Å²) >= 11 is 0. The van der Waals surface area contributed by atoms with Gasteiger partial charge in [-0.25, -0.2) is 4.79 Å². The molecule has 0 radical (unpaired) electrons. The molecule has 4 rings (SSSR count). The number of carboxylic acids is 1. The van der Waals surface area contributed by atoms with Crippen molar-refractivity contribution in [2.75, 3.05) is 13.2 Å². The molecule has 2 amide bonds. The van der Waals surface area contributed by atoms with Crippen molar-refractivity contribution < 1.29 is 29.3 Å². The molecule has 2 atom stereocenters. The number of nitrogens with one attached hydrogen (secondary N) is 2.